The van der Waals surface area contributed by atoms with E-state index >= 15 is 0 Å². The van der Waals surface area contributed by atoms with Gasteiger partial charge in [-0.2, -0.15) is 0 Å². The minimum atomic E-state index is -0.0690. The van der Waals surface area contributed by atoms with E-state index in [0.717, 1.165) is 30.6 Å². The normalized spacial score (nSPS) is 22.2. The van der Waals surface area contributed by atoms with Crippen molar-refractivity contribution in [3.8, 4) is 5.75 Å². The molecule has 1 aromatic rings. The zero-order valence-electron chi connectivity index (χ0n) is 9.61. The standard InChI is InChI=1S/C13H16N2O2/c16-13(14-10-5-6-10)15-11-7-9-3-1-2-4-12(9)17-8-11/h1-4,10-11H,5-8H2,(H2,14,15,16). The molecule has 0 spiro atoms. The van der Waals surface area contributed by atoms with Gasteiger partial charge >= 0.3 is 6.03 Å². The molecular formula is C13H16N2O2. The first-order chi connectivity index (χ1) is 8.31. The third-order valence-electron chi connectivity index (χ3n) is 3.13. The van der Waals surface area contributed by atoms with Crippen LogP contribution >= 0.6 is 0 Å². The molecule has 0 bridgehead atoms. The highest BCUT2D eigenvalue weighted by atomic mass is 16.5. The molecule has 90 valence electrons. The third kappa shape index (κ3) is 2.52. The number of nitrogens with one attached hydrogen (secondary N) is 2. The summed E-state index contributed by atoms with van der Waals surface area (Å²) in [6.07, 6.45) is 3.06. The molecule has 2 amide bonds. The van der Waals surface area contributed by atoms with Gasteiger partial charge in [-0.25, -0.2) is 4.79 Å². The van der Waals surface area contributed by atoms with Crippen LogP contribution in [0, 0.1) is 0 Å². The Balaban J connectivity index is 1.57. The Labute approximate surface area is 100 Å². The van der Waals surface area contributed by atoms with E-state index in [4.69, 9.17) is 4.74 Å². The molecule has 2 N–H and O–H groups in total. The summed E-state index contributed by atoms with van der Waals surface area (Å²) in [5, 5.41) is 5.88. The average molecular weight is 232 g/mol. The summed E-state index contributed by atoms with van der Waals surface area (Å²) in [4.78, 5) is 11.6. The first-order valence-electron chi connectivity index (χ1n) is 6.09. The summed E-state index contributed by atoms with van der Waals surface area (Å²) < 4.78 is 5.62. The smallest absolute Gasteiger partial charge is 0.315 e. The second-order valence-corrected chi connectivity index (χ2v) is 4.71. The maximum atomic E-state index is 11.6. The third-order valence-corrected chi connectivity index (χ3v) is 3.13. The number of hydrogen-bond acceptors (Lipinski definition) is 2. The fourth-order valence-corrected chi connectivity index (χ4v) is 2.06. The second kappa shape index (κ2) is 4.28. The molecule has 1 saturated carbocycles. The van der Waals surface area contributed by atoms with Gasteiger partial charge in [-0.3, -0.25) is 0 Å². The van der Waals surface area contributed by atoms with Gasteiger partial charge in [0.05, 0.1) is 6.04 Å². The van der Waals surface area contributed by atoms with E-state index in [9.17, 15) is 4.79 Å². The molecule has 4 nitrogen and oxygen atoms in total. The summed E-state index contributed by atoms with van der Waals surface area (Å²) >= 11 is 0. The van der Waals surface area contributed by atoms with Crippen LogP contribution in [-0.4, -0.2) is 24.7 Å². The number of carbonyl (C=O) groups excluding carboxylic acids is 1. The lowest BCUT2D eigenvalue weighted by atomic mass is 10.0. The zero-order valence-corrected chi connectivity index (χ0v) is 9.61. The van der Waals surface area contributed by atoms with Crippen LogP contribution in [0.1, 0.15) is 18.4 Å². The second-order valence-electron chi connectivity index (χ2n) is 4.71. The molecule has 1 fully saturated rings. The van der Waals surface area contributed by atoms with Crippen molar-refractivity contribution in [3.63, 3.8) is 0 Å². The predicted octanol–water partition coefficient (Wildman–Crippen LogP) is 1.45. The molecule has 1 aromatic carbocycles. The van der Waals surface area contributed by atoms with Gasteiger partial charge in [0.2, 0.25) is 0 Å². The minimum absolute atomic E-state index is 0.0690. The van der Waals surface area contributed by atoms with E-state index in [1.54, 1.807) is 0 Å². The SMILES string of the molecule is O=C(NC1CC1)NC1COc2ccccc2C1. The Bertz CT molecular complexity index is 429. The van der Waals surface area contributed by atoms with Crippen molar-refractivity contribution in [1.29, 1.82) is 0 Å². The summed E-state index contributed by atoms with van der Waals surface area (Å²) in [6, 6.07) is 8.37. The van der Waals surface area contributed by atoms with Crippen molar-refractivity contribution >= 4 is 6.03 Å². The lowest BCUT2D eigenvalue weighted by molar-refractivity contribution is 0.214. The molecule has 17 heavy (non-hydrogen) atoms. The largest absolute Gasteiger partial charge is 0.491 e. The van der Waals surface area contributed by atoms with Crippen LogP contribution in [-0.2, 0) is 6.42 Å². The van der Waals surface area contributed by atoms with Gasteiger partial charge in [-0.05, 0) is 30.9 Å². The Hall–Kier alpha value is -1.71. The highest BCUT2D eigenvalue weighted by Gasteiger charge is 2.26. The first-order valence-corrected chi connectivity index (χ1v) is 6.09. The van der Waals surface area contributed by atoms with Crippen LogP contribution in [0.25, 0.3) is 0 Å². The van der Waals surface area contributed by atoms with Crippen LogP contribution in [0.2, 0.25) is 0 Å². The van der Waals surface area contributed by atoms with Crippen molar-refractivity contribution in [2.45, 2.75) is 31.3 Å². The van der Waals surface area contributed by atoms with E-state index in [-0.39, 0.29) is 12.1 Å². The van der Waals surface area contributed by atoms with Gasteiger partial charge < -0.3 is 15.4 Å². The van der Waals surface area contributed by atoms with Crippen LogP contribution in [0.15, 0.2) is 24.3 Å². The minimum Gasteiger partial charge on any atom is -0.491 e. The summed E-state index contributed by atoms with van der Waals surface area (Å²) in [5.41, 5.74) is 1.16. The van der Waals surface area contributed by atoms with E-state index < -0.39 is 0 Å². The summed E-state index contributed by atoms with van der Waals surface area (Å²) in [7, 11) is 0. The highest BCUT2D eigenvalue weighted by molar-refractivity contribution is 5.75. The number of para-hydroxylation sites is 1. The van der Waals surface area contributed by atoms with Gasteiger partial charge in [0.15, 0.2) is 0 Å². The molecule has 4 heteroatoms. The van der Waals surface area contributed by atoms with Gasteiger partial charge in [0.25, 0.3) is 0 Å². The van der Waals surface area contributed by atoms with E-state index in [2.05, 4.69) is 10.6 Å². The molecule has 1 aliphatic carbocycles. The fourth-order valence-electron chi connectivity index (χ4n) is 2.06. The molecule has 1 heterocycles. The van der Waals surface area contributed by atoms with E-state index in [1.807, 2.05) is 24.3 Å². The van der Waals surface area contributed by atoms with Gasteiger partial charge in [0.1, 0.15) is 12.4 Å². The fraction of sp³-hybridized carbons (Fsp3) is 0.462. The molecule has 0 saturated heterocycles. The Kier molecular flexibility index (Phi) is 2.63. The molecular weight excluding hydrogens is 216 g/mol. The predicted molar refractivity (Wildman–Crippen MR) is 64.1 cm³/mol. The lowest BCUT2D eigenvalue weighted by Crippen LogP contribution is -2.47. The zero-order chi connectivity index (χ0) is 11.7. The number of hydrogen-bond donors (Lipinski definition) is 2. The molecule has 0 radical (unpaired) electrons. The number of fused-ring (bicyclic) bond motifs is 1. The van der Waals surface area contributed by atoms with E-state index in [0.29, 0.717) is 12.6 Å². The van der Waals surface area contributed by atoms with Crippen LogP contribution < -0.4 is 15.4 Å². The number of benzene rings is 1. The highest BCUT2D eigenvalue weighted by Crippen LogP contribution is 2.24. The first kappa shape index (κ1) is 10.4. The van der Waals surface area contributed by atoms with Gasteiger partial charge in [-0.1, -0.05) is 18.2 Å². The van der Waals surface area contributed by atoms with Crippen molar-refractivity contribution in [1.82, 2.24) is 10.6 Å². The Morgan fingerprint density at radius 3 is 2.76 bits per heavy atom. The maximum Gasteiger partial charge on any atom is 0.315 e. The number of amides is 2. The molecule has 3 rings (SSSR count). The van der Waals surface area contributed by atoms with E-state index in [1.165, 1.54) is 0 Å². The molecule has 1 atom stereocenters. The molecule has 2 aliphatic rings. The summed E-state index contributed by atoms with van der Waals surface area (Å²) in [6.45, 7) is 0.551. The molecule has 1 aliphatic heterocycles. The number of carbonyl (C=O) groups is 1. The van der Waals surface area contributed by atoms with Crippen molar-refractivity contribution in [2.24, 2.45) is 0 Å². The Morgan fingerprint density at radius 2 is 1.94 bits per heavy atom. The lowest BCUT2D eigenvalue weighted by Gasteiger charge is -2.26. The van der Waals surface area contributed by atoms with Crippen LogP contribution in [0.4, 0.5) is 4.79 Å². The van der Waals surface area contributed by atoms with Crippen LogP contribution in [0.5, 0.6) is 5.75 Å². The average Bonchev–Trinajstić information content (AvgIpc) is 3.12. The van der Waals surface area contributed by atoms with Crippen molar-refractivity contribution < 1.29 is 9.53 Å². The maximum absolute atomic E-state index is 11.6. The summed E-state index contributed by atoms with van der Waals surface area (Å²) in [5.74, 6) is 0.938. The molecule has 1 unspecified atom stereocenters. The van der Waals surface area contributed by atoms with Gasteiger partial charge in [-0.15, -0.1) is 0 Å². The van der Waals surface area contributed by atoms with Crippen molar-refractivity contribution in [2.75, 3.05) is 6.61 Å². The Morgan fingerprint density at radius 1 is 1.18 bits per heavy atom. The monoisotopic (exact) mass is 232 g/mol. The number of urea groups is 1. The molecule has 0 aromatic heterocycles. The van der Waals surface area contributed by atoms with Gasteiger partial charge in [0, 0.05) is 6.04 Å². The van der Waals surface area contributed by atoms with Crippen LogP contribution in [0.3, 0.4) is 0 Å². The number of rotatable bonds is 2. The number of ether oxygens (including phenoxy) is 1. The van der Waals surface area contributed by atoms with Crippen molar-refractivity contribution in [3.05, 3.63) is 29.8 Å². The quantitative estimate of drug-likeness (QED) is 0.811. The topological polar surface area (TPSA) is 50.4 Å².